The molecule has 1 unspecified atom stereocenters. The van der Waals surface area contributed by atoms with Crippen LogP contribution in [0.2, 0.25) is 0 Å². The Morgan fingerprint density at radius 3 is 2.68 bits per heavy atom. The Morgan fingerprint density at radius 1 is 1.21 bits per heavy atom. The number of benzene rings is 1. The monoisotopic (exact) mass is 385 g/mol. The van der Waals surface area contributed by atoms with Crippen LogP contribution in [0.15, 0.2) is 24.5 Å². The van der Waals surface area contributed by atoms with Gasteiger partial charge in [-0.15, -0.1) is 0 Å². The molecule has 0 fully saturated rings. The van der Waals surface area contributed by atoms with Gasteiger partial charge in [0.05, 0.1) is 13.4 Å². The van der Waals surface area contributed by atoms with Gasteiger partial charge in [-0.2, -0.15) is 9.97 Å². The van der Waals surface area contributed by atoms with Crippen molar-refractivity contribution in [2.45, 2.75) is 39.4 Å². The smallest absolute Gasteiger partial charge is 0.226 e. The molecule has 3 rings (SSSR count). The first-order valence-corrected chi connectivity index (χ1v) is 9.22. The highest BCUT2D eigenvalue weighted by molar-refractivity contribution is 5.84. The predicted octanol–water partition coefficient (Wildman–Crippen LogP) is 2.49. The molecule has 0 bridgehead atoms. The highest BCUT2D eigenvalue weighted by atomic mass is 16.5. The molecule has 0 spiro atoms. The van der Waals surface area contributed by atoms with Crippen molar-refractivity contribution in [3.8, 4) is 11.5 Å². The Bertz CT molecular complexity index is 953. The fraction of sp³-hybridized carbons (Fsp3) is 0.421. The van der Waals surface area contributed by atoms with Crippen molar-refractivity contribution in [3.63, 3.8) is 0 Å². The van der Waals surface area contributed by atoms with Crippen molar-refractivity contribution in [2.75, 3.05) is 24.3 Å². The summed E-state index contributed by atoms with van der Waals surface area (Å²) in [6.45, 7) is 6.96. The van der Waals surface area contributed by atoms with E-state index in [4.69, 9.17) is 10.5 Å². The lowest BCUT2D eigenvalue weighted by Gasteiger charge is -2.13. The first-order chi connectivity index (χ1) is 13.4. The van der Waals surface area contributed by atoms with E-state index in [1.54, 1.807) is 31.6 Å². The number of anilines is 2. The predicted molar refractivity (Wildman–Crippen MR) is 110 cm³/mol. The van der Waals surface area contributed by atoms with Crippen molar-refractivity contribution < 1.29 is 9.84 Å². The van der Waals surface area contributed by atoms with Crippen molar-refractivity contribution >= 4 is 22.9 Å². The third kappa shape index (κ3) is 4.25. The van der Waals surface area contributed by atoms with E-state index in [9.17, 15) is 5.11 Å². The summed E-state index contributed by atoms with van der Waals surface area (Å²) in [7, 11) is 1.59. The molecule has 0 aliphatic heterocycles. The van der Waals surface area contributed by atoms with Crippen LogP contribution in [0.5, 0.6) is 11.5 Å². The molecule has 2 aromatic heterocycles. The number of fused-ring (bicyclic) bond motifs is 1. The molecule has 9 nitrogen and oxygen atoms in total. The van der Waals surface area contributed by atoms with Crippen LogP contribution < -0.4 is 21.1 Å². The number of aromatic nitrogens is 4. The second-order valence-corrected chi connectivity index (χ2v) is 7.02. The molecule has 2 heterocycles. The number of hydrogen-bond acceptors (Lipinski definition) is 8. The molecule has 0 radical (unpaired) electrons. The summed E-state index contributed by atoms with van der Waals surface area (Å²) in [5.41, 5.74) is 7.93. The summed E-state index contributed by atoms with van der Waals surface area (Å²) in [4.78, 5) is 13.6. The second kappa shape index (κ2) is 8.30. The standard InChI is InChI=1S/C19H27N7O2/c1-11(2)26-10-23-16-17(24-19(25-18(16)26)22-8-12(3)20)21-9-13-7-14(28-4)5-6-15(13)27/h5-7,10-12,27H,8-9,20H2,1-4H3,(H2,21,22,24,25). The van der Waals surface area contributed by atoms with Crippen LogP contribution in [-0.2, 0) is 6.54 Å². The van der Waals surface area contributed by atoms with E-state index in [0.717, 1.165) is 5.65 Å². The van der Waals surface area contributed by atoms with Gasteiger partial charge in [-0.3, -0.25) is 0 Å². The van der Waals surface area contributed by atoms with E-state index in [0.29, 0.717) is 41.7 Å². The molecule has 9 heteroatoms. The lowest BCUT2D eigenvalue weighted by Crippen LogP contribution is -2.26. The number of phenols is 1. The molecule has 3 aromatic rings. The number of nitrogens with one attached hydrogen (secondary N) is 2. The van der Waals surface area contributed by atoms with E-state index in [1.807, 2.05) is 11.5 Å². The Morgan fingerprint density at radius 2 is 2.00 bits per heavy atom. The SMILES string of the molecule is COc1ccc(O)c(CNc2nc(NCC(C)N)nc3c2ncn3C(C)C)c1. The maximum absolute atomic E-state index is 10.1. The zero-order chi connectivity index (χ0) is 20.3. The van der Waals surface area contributed by atoms with E-state index >= 15 is 0 Å². The zero-order valence-electron chi connectivity index (χ0n) is 16.6. The average molecular weight is 385 g/mol. The Labute approximate surface area is 164 Å². The number of hydrogen-bond donors (Lipinski definition) is 4. The normalized spacial score (nSPS) is 12.4. The van der Waals surface area contributed by atoms with Crippen molar-refractivity contribution in [3.05, 3.63) is 30.1 Å². The van der Waals surface area contributed by atoms with Gasteiger partial charge < -0.3 is 30.8 Å². The molecule has 1 aromatic carbocycles. The van der Waals surface area contributed by atoms with Crippen molar-refractivity contribution in [1.82, 2.24) is 19.5 Å². The Balaban J connectivity index is 1.94. The summed E-state index contributed by atoms with van der Waals surface area (Å²) in [6, 6.07) is 5.27. The molecule has 28 heavy (non-hydrogen) atoms. The summed E-state index contributed by atoms with van der Waals surface area (Å²) in [5.74, 6) is 1.91. The van der Waals surface area contributed by atoms with Gasteiger partial charge in [0, 0.05) is 30.7 Å². The number of aromatic hydroxyl groups is 1. The minimum Gasteiger partial charge on any atom is -0.508 e. The van der Waals surface area contributed by atoms with Crippen molar-refractivity contribution in [2.24, 2.45) is 5.73 Å². The largest absolute Gasteiger partial charge is 0.508 e. The second-order valence-electron chi connectivity index (χ2n) is 7.02. The molecule has 1 atom stereocenters. The number of phenolic OH excluding ortho intramolecular Hbond substituents is 1. The van der Waals surface area contributed by atoms with Gasteiger partial charge in [-0.25, -0.2) is 4.98 Å². The van der Waals surface area contributed by atoms with Crippen LogP contribution in [0.1, 0.15) is 32.4 Å². The topological polar surface area (TPSA) is 123 Å². The number of methoxy groups -OCH3 is 1. The van der Waals surface area contributed by atoms with Crippen LogP contribution in [-0.4, -0.2) is 44.3 Å². The number of ether oxygens (including phenoxy) is 1. The number of rotatable bonds is 8. The van der Waals surface area contributed by atoms with Gasteiger partial charge in [0.2, 0.25) is 5.95 Å². The van der Waals surface area contributed by atoms with Gasteiger partial charge in [-0.05, 0) is 39.0 Å². The summed E-state index contributed by atoms with van der Waals surface area (Å²) in [6.07, 6.45) is 1.76. The van der Waals surface area contributed by atoms with Crippen molar-refractivity contribution in [1.29, 1.82) is 0 Å². The maximum Gasteiger partial charge on any atom is 0.226 e. The number of nitrogens with two attached hydrogens (primary N) is 1. The van der Waals surface area contributed by atoms with E-state index in [2.05, 4.69) is 39.4 Å². The minimum atomic E-state index is -0.0283. The van der Waals surface area contributed by atoms with Gasteiger partial charge in [-0.1, -0.05) is 0 Å². The quantitative estimate of drug-likeness (QED) is 0.466. The van der Waals surface area contributed by atoms with Crippen LogP contribution in [0.3, 0.4) is 0 Å². The van der Waals surface area contributed by atoms with Gasteiger partial charge in [0.15, 0.2) is 17.0 Å². The van der Waals surface area contributed by atoms with Crippen LogP contribution in [0.25, 0.3) is 11.2 Å². The van der Waals surface area contributed by atoms with E-state index in [-0.39, 0.29) is 17.8 Å². The molecule has 5 N–H and O–H groups in total. The van der Waals surface area contributed by atoms with Gasteiger partial charge in [0.25, 0.3) is 0 Å². The molecular weight excluding hydrogens is 358 g/mol. The highest BCUT2D eigenvalue weighted by Gasteiger charge is 2.15. The number of imidazole rings is 1. The molecule has 0 aliphatic rings. The fourth-order valence-electron chi connectivity index (χ4n) is 2.76. The summed E-state index contributed by atoms with van der Waals surface area (Å²) in [5, 5.41) is 16.5. The average Bonchev–Trinajstić information content (AvgIpc) is 3.10. The maximum atomic E-state index is 10.1. The summed E-state index contributed by atoms with van der Waals surface area (Å²) < 4.78 is 7.22. The molecule has 0 saturated heterocycles. The van der Waals surface area contributed by atoms with Crippen LogP contribution in [0, 0.1) is 0 Å². The molecule has 0 saturated carbocycles. The number of nitrogens with zero attached hydrogens (tertiary/aromatic N) is 4. The fourth-order valence-corrected chi connectivity index (χ4v) is 2.76. The van der Waals surface area contributed by atoms with E-state index < -0.39 is 0 Å². The van der Waals surface area contributed by atoms with E-state index in [1.165, 1.54) is 0 Å². The Hall–Kier alpha value is -3.07. The molecular formula is C19H27N7O2. The molecule has 0 aliphatic carbocycles. The lowest BCUT2D eigenvalue weighted by molar-refractivity contribution is 0.411. The van der Waals surface area contributed by atoms with Gasteiger partial charge >= 0.3 is 0 Å². The zero-order valence-corrected chi connectivity index (χ0v) is 16.6. The molecule has 0 amide bonds. The van der Waals surface area contributed by atoms with Crippen LogP contribution >= 0.6 is 0 Å². The molecule has 150 valence electrons. The third-order valence-electron chi connectivity index (χ3n) is 4.29. The van der Waals surface area contributed by atoms with Gasteiger partial charge in [0.1, 0.15) is 11.5 Å². The van der Waals surface area contributed by atoms with Crippen LogP contribution in [0.4, 0.5) is 11.8 Å². The highest BCUT2D eigenvalue weighted by Crippen LogP contribution is 2.26. The first kappa shape index (κ1) is 19.7. The first-order valence-electron chi connectivity index (χ1n) is 9.22. The minimum absolute atomic E-state index is 0.0283. The summed E-state index contributed by atoms with van der Waals surface area (Å²) >= 11 is 0. The Kier molecular flexibility index (Phi) is 5.84. The lowest BCUT2D eigenvalue weighted by atomic mass is 10.2. The third-order valence-corrected chi connectivity index (χ3v) is 4.29.